The number of anilines is 1. The number of fused-ring (bicyclic) bond motifs is 1. The normalized spacial score (nSPS) is 14.6. The number of halogens is 1. The molecule has 9 heteroatoms. The van der Waals surface area contributed by atoms with E-state index in [4.69, 9.17) is 4.98 Å². The molecule has 4 rings (SSSR count). The number of aromatic nitrogens is 4. The molecule has 0 spiro atoms. The van der Waals surface area contributed by atoms with Gasteiger partial charge in [-0.1, -0.05) is 0 Å². The van der Waals surface area contributed by atoms with Gasteiger partial charge in [-0.2, -0.15) is 5.10 Å². The summed E-state index contributed by atoms with van der Waals surface area (Å²) in [6.07, 6.45) is 0. The first-order valence-electron chi connectivity index (χ1n) is 9.64. The fourth-order valence-corrected chi connectivity index (χ4v) is 3.81. The first kappa shape index (κ1) is 19.1. The molecule has 0 N–H and O–H groups in total. The highest BCUT2D eigenvalue weighted by atomic mass is 19.1. The Morgan fingerprint density at radius 2 is 1.79 bits per heavy atom. The maximum atomic E-state index is 13.1. The van der Waals surface area contributed by atoms with Gasteiger partial charge in [-0.15, -0.1) is 0 Å². The van der Waals surface area contributed by atoms with Crippen LogP contribution in [0.15, 0.2) is 29.1 Å². The first-order valence-corrected chi connectivity index (χ1v) is 9.64. The van der Waals surface area contributed by atoms with Gasteiger partial charge in [0.2, 0.25) is 5.95 Å². The van der Waals surface area contributed by atoms with Crippen molar-refractivity contribution in [3.05, 3.63) is 51.7 Å². The second kappa shape index (κ2) is 7.31. The molecule has 2 aromatic heterocycles. The standard InChI is InChI=1S/C20H23FN6O2/c1-4-27-19(29)17-16(13(2)23-24(17)3)22-20(27)26-11-9-25(10-12-26)18(28)14-5-7-15(21)8-6-14/h5-8H,4,9-12H2,1-3H3. The number of rotatable bonds is 3. The van der Waals surface area contributed by atoms with Gasteiger partial charge in [0, 0.05) is 45.3 Å². The number of nitrogens with zero attached hydrogens (tertiary/aromatic N) is 6. The molecule has 0 radical (unpaired) electrons. The van der Waals surface area contributed by atoms with Crippen LogP contribution in [0.1, 0.15) is 23.0 Å². The van der Waals surface area contributed by atoms with Crippen molar-refractivity contribution >= 4 is 22.9 Å². The molecular weight excluding hydrogens is 375 g/mol. The van der Waals surface area contributed by atoms with E-state index in [1.54, 1.807) is 21.2 Å². The molecule has 1 amide bonds. The summed E-state index contributed by atoms with van der Waals surface area (Å²) in [5.41, 5.74) is 2.19. The smallest absolute Gasteiger partial charge is 0.281 e. The summed E-state index contributed by atoms with van der Waals surface area (Å²) in [5, 5.41) is 4.33. The highest BCUT2D eigenvalue weighted by Gasteiger charge is 2.26. The van der Waals surface area contributed by atoms with Crippen molar-refractivity contribution < 1.29 is 9.18 Å². The van der Waals surface area contributed by atoms with E-state index in [0.29, 0.717) is 61.0 Å². The molecule has 0 aliphatic carbocycles. The van der Waals surface area contributed by atoms with Crippen LogP contribution in [0.25, 0.3) is 11.0 Å². The predicted octanol–water partition coefficient (Wildman–Crippen LogP) is 1.56. The number of benzene rings is 1. The van der Waals surface area contributed by atoms with E-state index in [9.17, 15) is 14.0 Å². The van der Waals surface area contributed by atoms with E-state index in [1.807, 2.05) is 18.7 Å². The number of amides is 1. The average Bonchev–Trinajstić information content (AvgIpc) is 3.01. The second-order valence-electron chi connectivity index (χ2n) is 7.15. The third-order valence-corrected chi connectivity index (χ3v) is 5.35. The molecule has 1 aromatic carbocycles. The van der Waals surface area contributed by atoms with Crippen LogP contribution in [-0.4, -0.2) is 56.3 Å². The molecule has 1 aliphatic heterocycles. The van der Waals surface area contributed by atoms with E-state index in [2.05, 4.69) is 5.10 Å². The highest BCUT2D eigenvalue weighted by Crippen LogP contribution is 2.19. The number of hydrogen-bond donors (Lipinski definition) is 0. The van der Waals surface area contributed by atoms with Crippen LogP contribution in [-0.2, 0) is 13.6 Å². The van der Waals surface area contributed by atoms with Crippen LogP contribution in [0.4, 0.5) is 10.3 Å². The molecule has 1 fully saturated rings. The first-order chi connectivity index (χ1) is 13.9. The van der Waals surface area contributed by atoms with Gasteiger partial charge in [0.05, 0.1) is 5.69 Å². The monoisotopic (exact) mass is 398 g/mol. The Labute approximate surface area is 167 Å². The second-order valence-corrected chi connectivity index (χ2v) is 7.15. The lowest BCUT2D eigenvalue weighted by Crippen LogP contribution is -2.50. The predicted molar refractivity (Wildman–Crippen MR) is 108 cm³/mol. The maximum absolute atomic E-state index is 13.1. The number of carbonyl (C=O) groups excluding carboxylic acids is 1. The minimum absolute atomic E-state index is 0.111. The summed E-state index contributed by atoms with van der Waals surface area (Å²) in [7, 11) is 1.75. The third-order valence-electron chi connectivity index (χ3n) is 5.35. The lowest BCUT2D eigenvalue weighted by Gasteiger charge is -2.36. The number of hydrogen-bond acceptors (Lipinski definition) is 5. The summed E-state index contributed by atoms with van der Waals surface area (Å²) in [6, 6.07) is 5.58. The van der Waals surface area contributed by atoms with Gasteiger partial charge in [-0.25, -0.2) is 9.37 Å². The molecule has 0 atom stereocenters. The molecule has 1 saturated heterocycles. The Bertz CT molecular complexity index is 1130. The largest absolute Gasteiger partial charge is 0.339 e. The van der Waals surface area contributed by atoms with Gasteiger partial charge in [-0.05, 0) is 38.1 Å². The molecule has 0 saturated carbocycles. The summed E-state index contributed by atoms with van der Waals surface area (Å²) in [6.45, 7) is 6.37. The van der Waals surface area contributed by atoms with Crippen molar-refractivity contribution in [2.24, 2.45) is 7.05 Å². The summed E-state index contributed by atoms with van der Waals surface area (Å²) >= 11 is 0. The van der Waals surface area contributed by atoms with Gasteiger partial charge in [0.1, 0.15) is 11.3 Å². The van der Waals surface area contributed by atoms with E-state index in [0.717, 1.165) is 0 Å². The van der Waals surface area contributed by atoms with Gasteiger partial charge in [0.25, 0.3) is 11.5 Å². The quantitative estimate of drug-likeness (QED) is 0.669. The average molecular weight is 398 g/mol. The van der Waals surface area contributed by atoms with Crippen molar-refractivity contribution in [3.63, 3.8) is 0 Å². The van der Waals surface area contributed by atoms with E-state index < -0.39 is 0 Å². The fourth-order valence-electron chi connectivity index (χ4n) is 3.81. The Morgan fingerprint density at radius 1 is 1.14 bits per heavy atom. The Kier molecular flexibility index (Phi) is 4.81. The lowest BCUT2D eigenvalue weighted by molar-refractivity contribution is 0.0746. The molecule has 3 heterocycles. The van der Waals surface area contributed by atoms with Crippen molar-refractivity contribution in [1.82, 2.24) is 24.2 Å². The van der Waals surface area contributed by atoms with Gasteiger partial charge >= 0.3 is 0 Å². The summed E-state index contributed by atoms with van der Waals surface area (Å²) in [5.74, 6) is 0.120. The zero-order valence-corrected chi connectivity index (χ0v) is 16.7. The SMILES string of the molecule is CCn1c(N2CCN(C(=O)c3ccc(F)cc3)CC2)nc2c(C)nn(C)c2c1=O. The topological polar surface area (TPSA) is 76.3 Å². The molecule has 3 aromatic rings. The Morgan fingerprint density at radius 3 is 2.41 bits per heavy atom. The third kappa shape index (κ3) is 3.26. The van der Waals surface area contributed by atoms with Crippen molar-refractivity contribution in [2.45, 2.75) is 20.4 Å². The fraction of sp³-hybridized carbons (Fsp3) is 0.400. The molecule has 0 bridgehead atoms. The van der Waals surface area contributed by atoms with Crippen molar-refractivity contribution in [3.8, 4) is 0 Å². The van der Waals surface area contributed by atoms with E-state index in [1.165, 1.54) is 24.3 Å². The minimum atomic E-state index is -0.365. The Hall–Kier alpha value is -3.23. The van der Waals surface area contributed by atoms with Crippen LogP contribution in [0, 0.1) is 12.7 Å². The number of carbonyl (C=O) groups is 1. The molecule has 0 unspecified atom stereocenters. The van der Waals surface area contributed by atoms with E-state index >= 15 is 0 Å². The van der Waals surface area contributed by atoms with Crippen LogP contribution < -0.4 is 10.5 Å². The van der Waals surface area contributed by atoms with Gasteiger partial charge < -0.3 is 9.80 Å². The summed E-state index contributed by atoms with van der Waals surface area (Å²) < 4.78 is 16.3. The van der Waals surface area contributed by atoms with Gasteiger partial charge in [0.15, 0.2) is 5.52 Å². The maximum Gasteiger partial charge on any atom is 0.281 e. The molecule has 1 aliphatic rings. The molecular formula is C20H23FN6O2. The number of aryl methyl sites for hydroxylation is 2. The highest BCUT2D eigenvalue weighted by molar-refractivity contribution is 5.94. The zero-order chi connectivity index (χ0) is 20.7. The Balaban J connectivity index is 1.59. The van der Waals surface area contributed by atoms with Gasteiger partial charge in [-0.3, -0.25) is 18.8 Å². The van der Waals surface area contributed by atoms with Crippen molar-refractivity contribution in [2.75, 3.05) is 31.1 Å². The zero-order valence-electron chi connectivity index (χ0n) is 16.7. The molecule has 29 heavy (non-hydrogen) atoms. The number of piperazine rings is 1. The van der Waals surface area contributed by atoms with Crippen LogP contribution in [0.3, 0.4) is 0 Å². The van der Waals surface area contributed by atoms with Crippen LogP contribution in [0.5, 0.6) is 0 Å². The molecule has 152 valence electrons. The molecule has 8 nitrogen and oxygen atoms in total. The van der Waals surface area contributed by atoms with Crippen LogP contribution in [0.2, 0.25) is 0 Å². The summed E-state index contributed by atoms with van der Waals surface area (Å²) in [4.78, 5) is 34.2. The van der Waals surface area contributed by atoms with Crippen molar-refractivity contribution in [1.29, 1.82) is 0 Å². The van der Waals surface area contributed by atoms with E-state index in [-0.39, 0.29) is 17.3 Å². The lowest BCUT2D eigenvalue weighted by atomic mass is 10.2. The van der Waals surface area contributed by atoms with Crippen LogP contribution >= 0.6 is 0 Å². The minimum Gasteiger partial charge on any atom is -0.339 e.